The Hall–Kier alpha value is -1.82. The van der Waals surface area contributed by atoms with Gasteiger partial charge in [0.1, 0.15) is 5.82 Å². The molecule has 0 bridgehead atoms. The molecule has 1 aromatic carbocycles. The van der Waals surface area contributed by atoms with E-state index in [-0.39, 0.29) is 5.91 Å². The van der Waals surface area contributed by atoms with E-state index in [0.717, 1.165) is 32.7 Å². The Morgan fingerprint density at radius 2 is 1.92 bits per heavy atom. The van der Waals surface area contributed by atoms with E-state index in [0.29, 0.717) is 27.1 Å². The normalized spacial score (nSPS) is 15.2. The van der Waals surface area contributed by atoms with E-state index >= 15 is 0 Å². The van der Waals surface area contributed by atoms with E-state index in [1.54, 1.807) is 36.5 Å². The quantitative estimate of drug-likeness (QED) is 0.875. The Morgan fingerprint density at radius 1 is 1.16 bits per heavy atom. The van der Waals surface area contributed by atoms with Gasteiger partial charge < -0.3 is 15.1 Å². The van der Waals surface area contributed by atoms with Crippen LogP contribution >= 0.6 is 23.2 Å². The van der Waals surface area contributed by atoms with Crippen LogP contribution in [0.3, 0.4) is 0 Å². The maximum atomic E-state index is 12.6. The first kappa shape index (κ1) is 18.0. The van der Waals surface area contributed by atoms with Gasteiger partial charge in [-0.2, -0.15) is 0 Å². The number of hydrogen-bond donors (Lipinski definition) is 1. The van der Waals surface area contributed by atoms with Gasteiger partial charge in [-0.3, -0.25) is 4.79 Å². The smallest absolute Gasteiger partial charge is 0.255 e. The van der Waals surface area contributed by atoms with Crippen molar-refractivity contribution in [2.45, 2.75) is 6.92 Å². The number of pyridine rings is 1. The van der Waals surface area contributed by atoms with E-state index in [1.165, 1.54) is 0 Å². The molecule has 0 saturated carbocycles. The van der Waals surface area contributed by atoms with Crippen molar-refractivity contribution in [3.05, 3.63) is 52.1 Å². The van der Waals surface area contributed by atoms with Crippen LogP contribution in [0, 0.1) is 0 Å². The van der Waals surface area contributed by atoms with E-state index in [9.17, 15) is 4.79 Å². The van der Waals surface area contributed by atoms with E-state index in [2.05, 4.69) is 22.1 Å². The third-order valence-electron chi connectivity index (χ3n) is 4.31. The highest BCUT2D eigenvalue weighted by molar-refractivity contribution is 6.36. The average molecular weight is 379 g/mol. The van der Waals surface area contributed by atoms with Crippen LogP contribution in [0.5, 0.6) is 0 Å². The predicted molar refractivity (Wildman–Crippen MR) is 102 cm³/mol. The van der Waals surface area contributed by atoms with Gasteiger partial charge in [-0.05, 0) is 36.9 Å². The summed E-state index contributed by atoms with van der Waals surface area (Å²) >= 11 is 12.0. The minimum atomic E-state index is 0.0272. The lowest BCUT2D eigenvalue weighted by Gasteiger charge is -2.34. The summed E-state index contributed by atoms with van der Waals surface area (Å²) in [5.74, 6) is 0.649. The van der Waals surface area contributed by atoms with Gasteiger partial charge in [0.2, 0.25) is 0 Å². The molecule has 1 fully saturated rings. The van der Waals surface area contributed by atoms with Gasteiger partial charge in [0.05, 0.1) is 16.3 Å². The van der Waals surface area contributed by atoms with Gasteiger partial charge in [0, 0.05) is 37.4 Å². The summed E-state index contributed by atoms with van der Waals surface area (Å²) in [6.45, 7) is 6.52. The second kappa shape index (κ2) is 8.04. The summed E-state index contributed by atoms with van der Waals surface area (Å²) in [6.07, 6.45) is 1.60. The number of benzene rings is 1. The van der Waals surface area contributed by atoms with Crippen molar-refractivity contribution in [2.24, 2.45) is 0 Å². The van der Waals surface area contributed by atoms with Crippen LogP contribution in [0.4, 0.5) is 11.5 Å². The number of rotatable bonds is 4. The van der Waals surface area contributed by atoms with E-state index < -0.39 is 0 Å². The number of amides is 1. The van der Waals surface area contributed by atoms with Crippen LogP contribution in [0.25, 0.3) is 0 Å². The summed E-state index contributed by atoms with van der Waals surface area (Å²) in [5.41, 5.74) is 1.31. The fourth-order valence-corrected chi connectivity index (χ4v) is 3.23. The van der Waals surface area contributed by atoms with Crippen LogP contribution in [0.1, 0.15) is 17.3 Å². The van der Waals surface area contributed by atoms with Crippen LogP contribution in [0.2, 0.25) is 10.0 Å². The molecule has 3 rings (SSSR count). The Kier molecular flexibility index (Phi) is 5.78. The zero-order valence-electron chi connectivity index (χ0n) is 14.0. The SMILES string of the molecule is CCN1CCN(C(=O)c2ccc(Nc3ccc(Cl)cc3Cl)nc2)CC1. The van der Waals surface area contributed by atoms with Gasteiger partial charge in [0.25, 0.3) is 5.91 Å². The van der Waals surface area contributed by atoms with Gasteiger partial charge >= 0.3 is 0 Å². The Labute approximate surface area is 157 Å². The van der Waals surface area contributed by atoms with Crippen LogP contribution in [-0.2, 0) is 0 Å². The summed E-state index contributed by atoms with van der Waals surface area (Å²) < 4.78 is 0. The number of halogens is 2. The molecule has 1 amide bonds. The minimum absolute atomic E-state index is 0.0272. The monoisotopic (exact) mass is 378 g/mol. The zero-order valence-corrected chi connectivity index (χ0v) is 15.5. The Balaban J connectivity index is 1.64. The molecule has 0 unspecified atom stereocenters. The number of hydrogen-bond acceptors (Lipinski definition) is 4. The van der Waals surface area contributed by atoms with E-state index in [4.69, 9.17) is 23.2 Å². The zero-order chi connectivity index (χ0) is 17.8. The molecule has 1 N–H and O–H groups in total. The Bertz CT molecular complexity index is 743. The fraction of sp³-hybridized carbons (Fsp3) is 0.333. The van der Waals surface area contributed by atoms with Gasteiger partial charge in [0.15, 0.2) is 0 Å². The molecule has 132 valence electrons. The number of aromatic nitrogens is 1. The average Bonchev–Trinajstić information content (AvgIpc) is 2.64. The molecule has 0 spiro atoms. The summed E-state index contributed by atoms with van der Waals surface area (Å²) in [6, 6.07) is 8.77. The fourth-order valence-electron chi connectivity index (χ4n) is 2.77. The molecule has 5 nitrogen and oxygen atoms in total. The second-order valence-electron chi connectivity index (χ2n) is 5.91. The second-order valence-corrected chi connectivity index (χ2v) is 6.75. The van der Waals surface area contributed by atoms with Crippen molar-refractivity contribution in [2.75, 3.05) is 38.0 Å². The number of likely N-dealkylation sites (N-methyl/N-ethyl adjacent to an activating group) is 1. The lowest BCUT2D eigenvalue weighted by Crippen LogP contribution is -2.48. The summed E-state index contributed by atoms with van der Waals surface area (Å²) in [4.78, 5) is 21.1. The van der Waals surface area contributed by atoms with Crippen LogP contribution < -0.4 is 5.32 Å². The molecular weight excluding hydrogens is 359 g/mol. The standard InChI is InChI=1S/C18H20Cl2N4O/c1-2-23-7-9-24(10-8-23)18(25)13-3-6-17(21-12-13)22-16-5-4-14(19)11-15(16)20/h3-6,11-12H,2,7-10H2,1H3,(H,21,22). The molecule has 7 heteroatoms. The molecular formula is C18H20Cl2N4O. The maximum absolute atomic E-state index is 12.6. The van der Waals surface area contributed by atoms with Crippen LogP contribution in [0.15, 0.2) is 36.5 Å². The van der Waals surface area contributed by atoms with Crippen molar-refractivity contribution >= 4 is 40.6 Å². The molecule has 1 saturated heterocycles. The first-order chi connectivity index (χ1) is 12.1. The van der Waals surface area contributed by atoms with Crippen molar-refractivity contribution in [3.63, 3.8) is 0 Å². The van der Waals surface area contributed by atoms with Crippen molar-refractivity contribution in [1.29, 1.82) is 0 Å². The largest absolute Gasteiger partial charge is 0.339 e. The lowest BCUT2D eigenvalue weighted by molar-refractivity contribution is 0.0643. The summed E-state index contributed by atoms with van der Waals surface area (Å²) in [5, 5.41) is 4.22. The number of piperazine rings is 1. The molecule has 1 aliphatic heterocycles. The molecule has 2 heterocycles. The van der Waals surface area contributed by atoms with E-state index in [1.807, 2.05) is 4.90 Å². The number of nitrogens with zero attached hydrogens (tertiary/aromatic N) is 3. The van der Waals surface area contributed by atoms with Crippen molar-refractivity contribution in [3.8, 4) is 0 Å². The lowest BCUT2D eigenvalue weighted by atomic mass is 10.2. The third kappa shape index (κ3) is 4.42. The highest BCUT2D eigenvalue weighted by atomic mass is 35.5. The topological polar surface area (TPSA) is 48.5 Å². The number of carbonyl (C=O) groups is 1. The molecule has 1 aromatic heterocycles. The molecule has 0 radical (unpaired) electrons. The maximum Gasteiger partial charge on any atom is 0.255 e. The molecule has 25 heavy (non-hydrogen) atoms. The number of nitrogens with one attached hydrogen (secondary N) is 1. The number of carbonyl (C=O) groups excluding carboxylic acids is 1. The van der Waals surface area contributed by atoms with Gasteiger partial charge in [-0.15, -0.1) is 0 Å². The highest BCUT2D eigenvalue weighted by Gasteiger charge is 2.21. The Morgan fingerprint density at radius 3 is 2.52 bits per heavy atom. The highest BCUT2D eigenvalue weighted by Crippen LogP contribution is 2.27. The first-order valence-electron chi connectivity index (χ1n) is 8.26. The van der Waals surface area contributed by atoms with Gasteiger partial charge in [-0.25, -0.2) is 4.98 Å². The minimum Gasteiger partial charge on any atom is -0.339 e. The van der Waals surface area contributed by atoms with Crippen LogP contribution in [-0.4, -0.2) is 53.4 Å². The molecule has 0 atom stereocenters. The molecule has 2 aromatic rings. The molecule has 1 aliphatic rings. The molecule has 0 aliphatic carbocycles. The van der Waals surface area contributed by atoms with Gasteiger partial charge in [-0.1, -0.05) is 30.1 Å². The first-order valence-corrected chi connectivity index (χ1v) is 9.02. The summed E-state index contributed by atoms with van der Waals surface area (Å²) in [7, 11) is 0. The van der Waals surface area contributed by atoms with Crippen molar-refractivity contribution < 1.29 is 4.79 Å². The predicted octanol–water partition coefficient (Wildman–Crippen LogP) is 3.91. The van der Waals surface area contributed by atoms with Crippen molar-refractivity contribution in [1.82, 2.24) is 14.8 Å². The number of anilines is 2. The third-order valence-corrected chi connectivity index (χ3v) is 4.86.